The Kier molecular flexibility index (Phi) is 7.89. The summed E-state index contributed by atoms with van der Waals surface area (Å²) in [6, 6.07) is 14.4. The number of non-ortho nitro benzene ring substituents is 1. The molecule has 42 heavy (non-hydrogen) atoms. The number of methoxy groups -OCH3 is 1. The van der Waals surface area contributed by atoms with E-state index in [1.165, 1.54) is 55.3 Å². The molecule has 0 radical (unpaired) electrons. The van der Waals surface area contributed by atoms with Crippen LogP contribution in [0.3, 0.4) is 0 Å². The fraction of sp³-hybridized carbons (Fsp3) is 0.310. The van der Waals surface area contributed by atoms with Gasteiger partial charge in [0.2, 0.25) is 11.8 Å². The topological polar surface area (TPSA) is 169 Å². The van der Waals surface area contributed by atoms with Crippen molar-refractivity contribution in [2.24, 2.45) is 11.8 Å². The molecule has 2 N–H and O–H groups in total. The molecule has 2 aliphatic rings. The van der Waals surface area contributed by atoms with Crippen LogP contribution in [-0.4, -0.2) is 63.3 Å². The largest absolute Gasteiger partial charge is 0.480 e. The predicted octanol–water partition coefficient (Wildman–Crippen LogP) is 3.66. The standard InChI is InChI=1S/C29H27N3O9S/c1-40-27(35)18-5-3-16(4-6-18)15-31-25(33)22-23(26(31)34)29(28(36)37,13-14-42-2)30-24(22)21-12-11-20(41-21)17-7-9-19(10-8-17)32(38)39/h3-12,22-24,30H,13-15H2,1-2H3,(H,36,37). The van der Waals surface area contributed by atoms with E-state index in [9.17, 15) is 34.4 Å². The van der Waals surface area contributed by atoms with E-state index in [1.807, 2.05) is 6.26 Å². The molecule has 0 spiro atoms. The quantitative estimate of drug-likeness (QED) is 0.152. The maximum atomic E-state index is 13.9. The lowest BCUT2D eigenvalue weighted by atomic mass is 9.78. The smallest absolute Gasteiger partial charge is 0.337 e. The predicted molar refractivity (Wildman–Crippen MR) is 150 cm³/mol. The number of fused-ring (bicyclic) bond motifs is 1. The zero-order chi connectivity index (χ0) is 30.2. The fourth-order valence-corrected chi connectivity index (χ4v) is 6.25. The number of likely N-dealkylation sites (tertiary alicyclic amines) is 1. The Bertz CT molecular complexity index is 1550. The summed E-state index contributed by atoms with van der Waals surface area (Å²) in [5.41, 5.74) is -0.350. The first-order valence-electron chi connectivity index (χ1n) is 13.0. The van der Waals surface area contributed by atoms with Crippen LogP contribution in [0.2, 0.25) is 0 Å². The molecule has 4 unspecified atom stereocenters. The first-order valence-corrected chi connectivity index (χ1v) is 14.4. The van der Waals surface area contributed by atoms with E-state index in [1.54, 1.807) is 24.3 Å². The molecule has 5 rings (SSSR count). The van der Waals surface area contributed by atoms with Crippen LogP contribution in [0.5, 0.6) is 0 Å². The summed E-state index contributed by atoms with van der Waals surface area (Å²) in [5.74, 6) is -4.03. The maximum Gasteiger partial charge on any atom is 0.337 e. The van der Waals surface area contributed by atoms with Crippen molar-refractivity contribution in [1.29, 1.82) is 0 Å². The number of nitrogens with zero attached hydrogens (tertiary/aromatic N) is 2. The molecular formula is C29H27N3O9S. The van der Waals surface area contributed by atoms with Crippen LogP contribution in [0.4, 0.5) is 5.69 Å². The Balaban J connectivity index is 1.49. The first kappa shape index (κ1) is 29.0. The summed E-state index contributed by atoms with van der Waals surface area (Å²) in [6.45, 7) is -0.0940. The van der Waals surface area contributed by atoms with Crippen LogP contribution >= 0.6 is 11.8 Å². The van der Waals surface area contributed by atoms with Crippen molar-refractivity contribution in [3.8, 4) is 11.3 Å². The molecule has 3 heterocycles. The van der Waals surface area contributed by atoms with Crippen molar-refractivity contribution < 1.29 is 38.4 Å². The molecule has 2 saturated heterocycles. The molecule has 1 aromatic heterocycles. The molecule has 218 valence electrons. The number of carbonyl (C=O) groups excluding carboxylic acids is 3. The highest BCUT2D eigenvalue weighted by Crippen LogP contribution is 2.51. The number of carboxylic acids is 1. The van der Waals surface area contributed by atoms with Gasteiger partial charge in [-0.25, -0.2) is 4.79 Å². The molecule has 2 aliphatic heterocycles. The molecule has 2 amide bonds. The highest BCUT2D eigenvalue weighted by molar-refractivity contribution is 7.98. The van der Waals surface area contributed by atoms with E-state index in [0.29, 0.717) is 28.2 Å². The van der Waals surface area contributed by atoms with Crippen LogP contribution in [0.15, 0.2) is 65.1 Å². The number of nitro benzene ring substituents is 1. The molecular weight excluding hydrogens is 566 g/mol. The van der Waals surface area contributed by atoms with Crippen molar-refractivity contribution in [1.82, 2.24) is 10.2 Å². The van der Waals surface area contributed by atoms with Crippen molar-refractivity contribution in [2.75, 3.05) is 19.1 Å². The van der Waals surface area contributed by atoms with Gasteiger partial charge in [-0.2, -0.15) is 11.8 Å². The highest BCUT2D eigenvalue weighted by atomic mass is 32.2. The summed E-state index contributed by atoms with van der Waals surface area (Å²) in [5, 5.41) is 24.6. The summed E-state index contributed by atoms with van der Waals surface area (Å²) < 4.78 is 10.8. The normalized spacial score (nSPS) is 23.2. The van der Waals surface area contributed by atoms with Crippen LogP contribution in [0.1, 0.15) is 34.1 Å². The first-order chi connectivity index (χ1) is 20.1. The molecule has 0 aliphatic carbocycles. The number of esters is 1. The molecule has 0 saturated carbocycles. The number of nitrogens with one attached hydrogen (secondary N) is 1. The Morgan fingerprint density at radius 1 is 1.10 bits per heavy atom. The number of furan rings is 1. The lowest BCUT2D eigenvalue weighted by Crippen LogP contribution is -2.56. The minimum Gasteiger partial charge on any atom is -0.480 e. The third kappa shape index (κ3) is 4.94. The molecule has 13 heteroatoms. The molecule has 12 nitrogen and oxygen atoms in total. The minimum absolute atomic E-state index is 0.0824. The van der Waals surface area contributed by atoms with Crippen LogP contribution < -0.4 is 5.32 Å². The zero-order valence-corrected chi connectivity index (χ0v) is 23.5. The van der Waals surface area contributed by atoms with Gasteiger partial charge in [-0.3, -0.25) is 34.7 Å². The lowest BCUT2D eigenvalue weighted by Gasteiger charge is -2.30. The number of ether oxygens (including phenoxy) is 1. The number of aliphatic carboxylic acids is 1. The van der Waals surface area contributed by atoms with E-state index in [2.05, 4.69) is 5.32 Å². The van der Waals surface area contributed by atoms with Crippen LogP contribution in [0.25, 0.3) is 11.3 Å². The van der Waals surface area contributed by atoms with Crippen molar-refractivity contribution in [3.05, 3.63) is 87.7 Å². The summed E-state index contributed by atoms with van der Waals surface area (Å²) in [7, 11) is 1.26. The van der Waals surface area contributed by atoms with Crippen molar-refractivity contribution >= 4 is 41.2 Å². The molecule has 3 aromatic rings. The van der Waals surface area contributed by atoms with Gasteiger partial charge in [-0.1, -0.05) is 12.1 Å². The Morgan fingerprint density at radius 2 is 1.79 bits per heavy atom. The number of nitro groups is 1. The number of thioether (sulfide) groups is 1. The van der Waals surface area contributed by atoms with Gasteiger partial charge in [0.1, 0.15) is 17.1 Å². The number of imide groups is 1. The summed E-state index contributed by atoms with van der Waals surface area (Å²) in [6.07, 6.45) is 1.92. The number of hydrogen-bond donors (Lipinski definition) is 2. The van der Waals surface area contributed by atoms with Gasteiger partial charge in [0.15, 0.2) is 0 Å². The number of benzene rings is 2. The highest BCUT2D eigenvalue weighted by Gasteiger charge is 2.68. The van der Waals surface area contributed by atoms with Crippen LogP contribution in [0, 0.1) is 22.0 Å². The lowest BCUT2D eigenvalue weighted by molar-refractivity contribution is -0.384. The van der Waals surface area contributed by atoms with Crippen LogP contribution in [-0.2, 0) is 25.7 Å². The molecule has 2 aromatic carbocycles. The second kappa shape index (κ2) is 11.4. The number of carboxylic acid groups (broad SMARTS) is 1. The van der Waals surface area contributed by atoms with E-state index < -0.39 is 52.1 Å². The minimum atomic E-state index is -1.71. The number of carbonyl (C=O) groups is 4. The summed E-state index contributed by atoms with van der Waals surface area (Å²) >= 11 is 1.43. The van der Waals surface area contributed by atoms with Gasteiger partial charge in [0.25, 0.3) is 5.69 Å². The number of hydrogen-bond acceptors (Lipinski definition) is 10. The molecule has 2 fully saturated rings. The van der Waals surface area contributed by atoms with Crippen molar-refractivity contribution in [3.63, 3.8) is 0 Å². The van der Waals surface area contributed by atoms with Gasteiger partial charge in [-0.15, -0.1) is 0 Å². The SMILES string of the molecule is COC(=O)c1ccc(CN2C(=O)C3C(c4ccc(-c5ccc([N+](=O)[O-])cc5)o4)NC(CCSC)(C(=O)O)C3C2=O)cc1. The number of rotatable bonds is 10. The van der Waals surface area contributed by atoms with E-state index in [0.717, 1.165) is 4.90 Å². The third-order valence-electron chi connectivity index (χ3n) is 7.84. The van der Waals surface area contributed by atoms with Crippen molar-refractivity contribution in [2.45, 2.75) is 24.5 Å². The molecule has 4 atom stereocenters. The fourth-order valence-electron chi connectivity index (χ4n) is 5.73. The van der Waals surface area contributed by atoms with Gasteiger partial charge in [0, 0.05) is 17.7 Å². The Morgan fingerprint density at radius 3 is 2.38 bits per heavy atom. The van der Waals surface area contributed by atoms with Gasteiger partial charge in [0.05, 0.1) is 42.0 Å². The Labute approximate surface area is 244 Å². The number of amides is 2. The second-order valence-electron chi connectivity index (χ2n) is 10.1. The zero-order valence-electron chi connectivity index (χ0n) is 22.6. The summed E-state index contributed by atoms with van der Waals surface area (Å²) in [4.78, 5) is 63.9. The monoisotopic (exact) mass is 593 g/mol. The van der Waals surface area contributed by atoms with E-state index >= 15 is 0 Å². The average molecular weight is 594 g/mol. The third-order valence-corrected chi connectivity index (χ3v) is 8.45. The second-order valence-corrected chi connectivity index (χ2v) is 11.1. The van der Waals surface area contributed by atoms with E-state index in [4.69, 9.17) is 9.15 Å². The van der Waals surface area contributed by atoms with Gasteiger partial charge >= 0.3 is 11.9 Å². The maximum absolute atomic E-state index is 13.9. The van der Waals surface area contributed by atoms with E-state index in [-0.39, 0.29) is 24.4 Å². The van der Waals surface area contributed by atoms with Gasteiger partial charge in [-0.05, 0) is 60.4 Å². The molecule has 0 bridgehead atoms. The van der Waals surface area contributed by atoms with Gasteiger partial charge < -0.3 is 14.3 Å². The Hall–Kier alpha value is -4.49. The average Bonchev–Trinajstić information content (AvgIpc) is 3.68.